The minimum absolute atomic E-state index is 0.0633. The number of ether oxygens (including phenoxy) is 1. The normalized spacial score (nSPS) is 15.7. The predicted molar refractivity (Wildman–Crippen MR) is 110 cm³/mol. The molecule has 1 aromatic carbocycles. The molecule has 1 aliphatic rings. The zero-order valence-electron chi connectivity index (χ0n) is 17.3. The third-order valence-corrected chi connectivity index (χ3v) is 4.96. The van der Waals surface area contributed by atoms with Gasteiger partial charge < -0.3 is 19.8 Å². The van der Waals surface area contributed by atoms with Crippen LogP contribution in [-0.2, 0) is 9.53 Å². The summed E-state index contributed by atoms with van der Waals surface area (Å²) in [6.07, 6.45) is 0. The Labute approximate surface area is 171 Å². The maximum Gasteiger partial charge on any atom is 0.251 e. The van der Waals surface area contributed by atoms with Gasteiger partial charge in [0.05, 0.1) is 25.8 Å². The summed E-state index contributed by atoms with van der Waals surface area (Å²) < 4.78 is 11.2. The molecular formula is C22H29N3O4. The van der Waals surface area contributed by atoms with Crippen LogP contribution in [0.5, 0.6) is 0 Å². The minimum Gasteiger partial charge on any atom is -0.465 e. The van der Waals surface area contributed by atoms with Crippen LogP contribution in [0.25, 0.3) is 0 Å². The van der Waals surface area contributed by atoms with Crippen LogP contribution in [-0.4, -0.2) is 56.1 Å². The highest BCUT2D eigenvalue weighted by Gasteiger charge is 2.25. The van der Waals surface area contributed by atoms with Crippen molar-refractivity contribution in [2.24, 2.45) is 0 Å². The Morgan fingerprint density at radius 2 is 1.72 bits per heavy atom. The Morgan fingerprint density at radius 3 is 2.34 bits per heavy atom. The van der Waals surface area contributed by atoms with Gasteiger partial charge in [-0.3, -0.25) is 14.5 Å². The lowest BCUT2D eigenvalue weighted by Gasteiger charge is -2.33. The van der Waals surface area contributed by atoms with Crippen molar-refractivity contribution in [3.8, 4) is 0 Å². The molecule has 0 saturated carbocycles. The number of morpholine rings is 1. The molecule has 2 amide bonds. The lowest BCUT2D eigenvalue weighted by atomic mass is 10.1. The first-order chi connectivity index (χ1) is 13.9. The first-order valence-electron chi connectivity index (χ1n) is 9.93. The van der Waals surface area contributed by atoms with E-state index in [9.17, 15) is 9.59 Å². The van der Waals surface area contributed by atoms with Crippen LogP contribution in [0, 0.1) is 20.8 Å². The second-order valence-electron chi connectivity index (χ2n) is 7.48. The van der Waals surface area contributed by atoms with Gasteiger partial charge in [-0.1, -0.05) is 17.2 Å². The van der Waals surface area contributed by atoms with E-state index < -0.39 is 0 Å². The Bertz CT molecular complexity index is 835. The smallest absolute Gasteiger partial charge is 0.251 e. The maximum atomic E-state index is 12.3. The van der Waals surface area contributed by atoms with Crippen LogP contribution >= 0.6 is 0 Å². The van der Waals surface area contributed by atoms with Crippen molar-refractivity contribution in [2.75, 3.05) is 39.4 Å². The first kappa shape index (κ1) is 21.1. The van der Waals surface area contributed by atoms with Crippen molar-refractivity contribution < 1.29 is 18.7 Å². The van der Waals surface area contributed by atoms with Gasteiger partial charge in [0.25, 0.3) is 5.91 Å². The molecule has 0 bridgehead atoms. The summed E-state index contributed by atoms with van der Waals surface area (Å²) in [6.45, 7) is 9.02. The van der Waals surface area contributed by atoms with Gasteiger partial charge in [0.2, 0.25) is 5.91 Å². The number of carbonyl (C=O) groups is 2. The van der Waals surface area contributed by atoms with Crippen LogP contribution in [0.15, 0.2) is 34.7 Å². The quantitative estimate of drug-likeness (QED) is 0.745. The fourth-order valence-electron chi connectivity index (χ4n) is 3.57. The van der Waals surface area contributed by atoms with E-state index >= 15 is 0 Å². The molecule has 7 nitrogen and oxygen atoms in total. The van der Waals surface area contributed by atoms with Gasteiger partial charge in [-0.2, -0.15) is 0 Å². The molecule has 1 atom stereocenters. The summed E-state index contributed by atoms with van der Waals surface area (Å²) in [5.74, 6) is 1.18. The topological polar surface area (TPSA) is 83.8 Å². The molecule has 7 heteroatoms. The van der Waals surface area contributed by atoms with E-state index in [1.54, 1.807) is 0 Å². The van der Waals surface area contributed by atoms with Gasteiger partial charge in [0.15, 0.2) is 0 Å². The minimum atomic E-state index is -0.252. The fourth-order valence-corrected chi connectivity index (χ4v) is 3.57. The molecule has 0 radical (unpaired) electrons. The van der Waals surface area contributed by atoms with Gasteiger partial charge in [-0.25, -0.2) is 0 Å². The molecule has 0 spiro atoms. The summed E-state index contributed by atoms with van der Waals surface area (Å²) in [6, 6.07) is 9.44. The van der Waals surface area contributed by atoms with E-state index in [4.69, 9.17) is 9.15 Å². The van der Waals surface area contributed by atoms with Gasteiger partial charge >= 0.3 is 0 Å². The summed E-state index contributed by atoms with van der Waals surface area (Å²) in [5.41, 5.74) is 2.59. The molecule has 1 saturated heterocycles. The lowest BCUT2D eigenvalue weighted by Crippen LogP contribution is -2.45. The first-order valence-corrected chi connectivity index (χ1v) is 9.93. The molecule has 3 rings (SSSR count). The van der Waals surface area contributed by atoms with E-state index in [0.717, 1.165) is 35.7 Å². The van der Waals surface area contributed by atoms with Crippen LogP contribution in [0.4, 0.5) is 0 Å². The standard InChI is InChI=1S/C22H29N3O4/c1-15-10-16(2)12-18(11-15)22(27)24-14-21(26)23-13-19(20-5-4-17(3)29-20)25-6-8-28-9-7-25/h4-5,10-12,19H,6-9,13-14H2,1-3H3,(H,23,26)(H,24,27). The van der Waals surface area contributed by atoms with Gasteiger partial charge in [-0.15, -0.1) is 0 Å². The zero-order valence-corrected chi connectivity index (χ0v) is 17.3. The van der Waals surface area contributed by atoms with Crippen molar-refractivity contribution in [1.82, 2.24) is 15.5 Å². The van der Waals surface area contributed by atoms with E-state index in [0.29, 0.717) is 25.3 Å². The Balaban J connectivity index is 1.54. The number of rotatable bonds is 7. The number of furan rings is 1. The summed E-state index contributed by atoms with van der Waals surface area (Å²) in [7, 11) is 0. The molecule has 29 heavy (non-hydrogen) atoms. The highest BCUT2D eigenvalue weighted by atomic mass is 16.5. The Hall–Kier alpha value is -2.64. The van der Waals surface area contributed by atoms with Crippen molar-refractivity contribution in [1.29, 1.82) is 0 Å². The third kappa shape index (κ3) is 5.92. The summed E-state index contributed by atoms with van der Waals surface area (Å²) in [4.78, 5) is 26.9. The number of nitrogens with one attached hydrogen (secondary N) is 2. The molecule has 1 unspecified atom stereocenters. The predicted octanol–water partition coefficient (Wildman–Crippen LogP) is 2.12. The number of carbonyl (C=O) groups excluding carboxylic acids is 2. The molecule has 1 aromatic heterocycles. The zero-order chi connectivity index (χ0) is 20.8. The molecule has 1 fully saturated rings. The van der Waals surface area contributed by atoms with E-state index in [1.165, 1.54) is 0 Å². The highest BCUT2D eigenvalue weighted by molar-refractivity contribution is 5.96. The number of hydrogen-bond acceptors (Lipinski definition) is 5. The van der Waals surface area contributed by atoms with Crippen LogP contribution in [0.3, 0.4) is 0 Å². The highest BCUT2D eigenvalue weighted by Crippen LogP contribution is 2.23. The lowest BCUT2D eigenvalue weighted by molar-refractivity contribution is -0.120. The second kappa shape index (κ2) is 9.71. The summed E-state index contributed by atoms with van der Waals surface area (Å²) >= 11 is 0. The molecule has 156 valence electrons. The van der Waals surface area contributed by atoms with E-state index in [-0.39, 0.29) is 24.4 Å². The number of benzene rings is 1. The van der Waals surface area contributed by atoms with E-state index in [2.05, 4.69) is 15.5 Å². The average molecular weight is 399 g/mol. The second-order valence-corrected chi connectivity index (χ2v) is 7.48. The SMILES string of the molecule is Cc1cc(C)cc(C(=O)NCC(=O)NCC(c2ccc(C)o2)N2CCOCC2)c1. The molecule has 1 aliphatic heterocycles. The Kier molecular flexibility index (Phi) is 7.06. The molecule has 2 N–H and O–H groups in total. The van der Waals surface area contributed by atoms with Crippen LogP contribution < -0.4 is 10.6 Å². The van der Waals surface area contributed by atoms with Crippen molar-refractivity contribution in [3.63, 3.8) is 0 Å². The Morgan fingerprint density at radius 1 is 1.03 bits per heavy atom. The van der Waals surface area contributed by atoms with Gasteiger partial charge in [0.1, 0.15) is 11.5 Å². The largest absolute Gasteiger partial charge is 0.465 e. The van der Waals surface area contributed by atoms with Crippen molar-refractivity contribution in [2.45, 2.75) is 26.8 Å². The number of hydrogen-bond donors (Lipinski definition) is 2. The fraction of sp³-hybridized carbons (Fsp3) is 0.455. The number of amides is 2. The van der Waals surface area contributed by atoms with Gasteiger partial charge in [-0.05, 0) is 45.0 Å². The monoisotopic (exact) mass is 399 g/mol. The van der Waals surface area contributed by atoms with Crippen LogP contribution in [0.1, 0.15) is 39.0 Å². The number of nitrogens with zero attached hydrogens (tertiary/aromatic N) is 1. The molecule has 2 heterocycles. The van der Waals surface area contributed by atoms with E-state index in [1.807, 2.05) is 51.1 Å². The maximum absolute atomic E-state index is 12.3. The van der Waals surface area contributed by atoms with Crippen molar-refractivity contribution in [3.05, 3.63) is 58.5 Å². The third-order valence-electron chi connectivity index (χ3n) is 4.96. The summed E-state index contributed by atoms with van der Waals surface area (Å²) in [5, 5.41) is 5.61. The number of aryl methyl sites for hydroxylation is 3. The molecular weight excluding hydrogens is 370 g/mol. The molecule has 0 aliphatic carbocycles. The van der Waals surface area contributed by atoms with Crippen LogP contribution in [0.2, 0.25) is 0 Å². The molecule has 2 aromatic rings. The van der Waals surface area contributed by atoms with Gasteiger partial charge in [0, 0.05) is 25.2 Å². The average Bonchev–Trinajstić information content (AvgIpc) is 3.12. The van der Waals surface area contributed by atoms with Crippen molar-refractivity contribution >= 4 is 11.8 Å².